The smallest absolute Gasteiger partial charge is 0.274 e. The van der Waals surface area contributed by atoms with E-state index >= 15 is 4.39 Å². The molecule has 1 N–H and O–H groups in total. The Bertz CT molecular complexity index is 1850. The number of aromatic amines is 1. The van der Waals surface area contributed by atoms with E-state index in [1.54, 1.807) is 26.1 Å². The van der Waals surface area contributed by atoms with Crippen molar-refractivity contribution in [3.8, 4) is 16.9 Å². The monoisotopic (exact) mass is 553 g/mol. The molecule has 3 heterocycles. The van der Waals surface area contributed by atoms with Crippen LogP contribution in [-0.4, -0.2) is 29.2 Å². The molecule has 1 unspecified atom stereocenters. The van der Waals surface area contributed by atoms with E-state index in [0.717, 1.165) is 11.8 Å². The fraction of sp³-hybridized carbons (Fsp3) is 0.250. The van der Waals surface area contributed by atoms with Crippen LogP contribution in [0.5, 0.6) is 0 Å². The minimum atomic E-state index is -3.79. The van der Waals surface area contributed by atoms with Crippen molar-refractivity contribution in [1.29, 1.82) is 0 Å². The number of pyridine rings is 3. The summed E-state index contributed by atoms with van der Waals surface area (Å²) in [6.45, 7) is 5.45. The van der Waals surface area contributed by atoms with Crippen molar-refractivity contribution in [3.05, 3.63) is 108 Å². The van der Waals surface area contributed by atoms with Crippen LogP contribution in [0.2, 0.25) is 5.02 Å². The van der Waals surface area contributed by atoms with Crippen molar-refractivity contribution in [2.75, 3.05) is 6.26 Å². The van der Waals surface area contributed by atoms with Crippen LogP contribution in [0, 0.1) is 26.6 Å². The fourth-order valence-electron chi connectivity index (χ4n) is 4.97. The molecular formula is C28H25ClFN3O4S. The first-order valence-electron chi connectivity index (χ1n) is 12.0. The van der Waals surface area contributed by atoms with Gasteiger partial charge >= 0.3 is 0 Å². The molecule has 7 nitrogen and oxygen atoms in total. The molecule has 0 saturated heterocycles. The molecule has 0 amide bonds. The van der Waals surface area contributed by atoms with Crippen molar-refractivity contribution in [2.24, 2.45) is 0 Å². The quantitative estimate of drug-likeness (QED) is 0.375. The first-order chi connectivity index (χ1) is 17.9. The van der Waals surface area contributed by atoms with Gasteiger partial charge in [0.05, 0.1) is 11.4 Å². The zero-order valence-corrected chi connectivity index (χ0v) is 22.7. The Kier molecular flexibility index (Phi) is 6.39. The number of benzene rings is 1. The maximum atomic E-state index is 15.2. The van der Waals surface area contributed by atoms with Crippen LogP contribution in [0.15, 0.2) is 63.3 Å². The minimum Gasteiger partial charge on any atom is -0.329 e. The van der Waals surface area contributed by atoms with Crippen LogP contribution in [-0.2, 0) is 9.84 Å². The summed E-state index contributed by atoms with van der Waals surface area (Å²) in [5.41, 5.74) is 3.65. The van der Waals surface area contributed by atoms with Crippen molar-refractivity contribution >= 4 is 21.4 Å². The normalized spacial score (nSPS) is 17.0. The molecule has 1 aromatic carbocycles. The second-order valence-corrected chi connectivity index (χ2v) is 12.2. The number of aryl methyl sites for hydroxylation is 3. The van der Waals surface area contributed by atoms with Crippen molar-refractivity contribution in [2.45, 2.75) is 43.9 Å². The summed E-state index contributed by atoms with van der Waals surface area (Å²) in [7, 11) is -3.79. The highest BCUT2D eigenvalue weighted by atomic mass is 35.5. The summed E-state index contributed by atoms with van der Waals surface area (Å²) < 4.78 is 40.6. The Morgan fingerprint density at radius 2 is 1.79 bits per heavy atom. The van der Waals surface area contributed by atoms with Gasteiger partial charge in [0.15, 0.2) is 15.7 Å². The molecule has 38 heavy (non-hydrogen) atoms. The van der Waals surface area contributed by atoms with Crippen LogP contribution < -0.4 is 11.1 Å². The van der Waals surface area contributed by atoms with Gasteiger partial charge in [0.25, 0.3) is 11.1 Å². The first-order valence-corrected chi connectivity index (χ1v) is 14.2. The Hall–Kier alpha value is -3.56. The van der Waals surface area contributed by atoms with E-state index in [-0.39, 0.29) is 33.7 Å². The molecule has 1 fully saturated rings. The Morgan fingerprint density at radius 1 is 1.08 bits per heavy atom. The summed E-state index contributed by atoms with van der Waals surface area (Å²) in [4.78, 5) is 32.5. The van der Waals surface area contributed by atoms with E-state index in [1.807, 2.05) is 19.1 Å². The summed E-state index contributed by atoms with van der Waals surface area (Å²) in [6.07, 6.45) is 4.82. The SMILES string of the molecule is Cc1c[nH]c(=O)c(C2C[C@H]2c2cc(C)n(-c3cc(-c4cccc(S(C)(=O)=O)c4F)ncc3C)c(=O)c2Cl)c1. The number of aromatic nitrogens is 3. The first kappa shape index (κ1) is 26.1. The Morgan fingerprint density at radius 3 is 2.50 bits per heavy atom. The molecular weight excluding hydrogens is 529 g/mol. The molecule has 5 rings (SSSR count). The second-order valence-electron chi connectivity index (χ2n) is 9.85. The molecule has 196 valence electrons. The minimum absolute atomic E-state index is 0.00629. The topological polar surface area (TPSA) is 102 Å². The van der Waals surface area contributed by atoms with Crippen LogP contribution >= 0.6 is 11.6 Å². The van der Waals surface area contributed by atoms with Gasteiger partial charge in [0, 0.05) is 35.5 Å². The maximum Gasteiger partial charge on any atom is 0.274 e. The third-order valence-corrected chi connectivity index (χ3v) is 8.48. The number of halogens is 2. The van der Waals surface area contributed by atoms with Gasteiger partial charge in [-0.25, -0.2) is 12.8 Å². The highest BCUT2D eigenvalue weighted by Crippen LogP contribution is 2.55. The van der Waals surface area contributed by atoms with Crippen LogP contribution in [0.25, 0.3) is 16.9 Å². The molecule has 10 heteroatoms. The van der Waals surface area contributed by atoms with Crippen LogP contribution in [0.4, 0.5) is 4.39 Å². The number of nitrogens with zero attached hydrogens (tertiary/aromatic N) is 2. The van der Waals surface area contributed by atoms with Crippen LogP contribution in [0.3, 0.4) is 0 Å². The lowest BCUT2D eigenvalue weighted by Gasteiger charge is -2.17. The predicted octanol–water partition coefficient (Wildman–Crippen LogP) is 4.98. The third kappa shape index (κ3) is 4.50. The van der Waals surface area contributed by atoms with E-state index < -0.39 is 26.1 Å². The summed E-state index contributed by atoms with van der Waals surface area (Å²) in [6, 6.07) is 9.36. The molecule has 0 radical (unpaired) electrons. The molecule has 3 aromatic heterocycles. The molecule has 2 atom stereocenters. The van der Waals surface area contributed by atoms with E-state index in [0.29, 0.717) is 34.5 Å². The van der Waals surface area contributed by atoms with E-state index in [2.05, 4.69) is 9.97 Å². The molecule has 4 aromatic rings. The van der Waals surface area contributed by atoms with E-state index in [1.165, 1.54) is 29.0 Å². The highest BCUT2D eigenvalue weighted by molar-refractivity contribution is 7.90. The number of H-pyrrole nitrogens is 1. The van der Waals surface area contributed by atoms with Gasteiger partial charge in [0.2, 0.25) is 0 Å². The number of hydrogen-bond acceptors (Lipinski definition) is 5. The standard InChI is InChI=1S/C28H25ClFN3O4S/c1-14-8-21(27(34)32-12-14)19-10-18(19)20-9-16(3)33(28(35)25(20)29)23-11-22(31-13-15(23)2)17-6-5-7-24(26(17)30)38(4,36)37/h5-9,11-13,18-19H,10H2,1-4H3,(H,32,34)/t18-,19?/m1/s1. The lowest BCUT2D eigenvalue weighted by molar-refractivity contribution is 0.572. The zero-order valence-electron chi connectivity index (χ0n) is 21.2. The summed E-state index contributed by atoms with van der Waals surface area (Å²) in [5, 5.41) is 0.0650. The fourth-order valence-corrected chi connectivity index (χ4v) is 6.01. The summed E-state index contributed by atoms with van der Waals surface area (Å²) in [5.74, 6) is -0.973. The van der Waals surface area contributed by atoms with Crippen molar-refractivity contribution in [3.63, 3.8) is 0 Å². The van der Waals surface area contributed by atoms with E-state index in [4.69, 9.17) is 11.6 Å². The molecule has 0 bridgehead atoms. The molecule has 0 spiro atoms. The average molecular weight is 554 g/mol. The Balaban J connectivity index is 1.58. The largest absolute Gasteiger partial charge is 0.329 e. The maximum absolute atomic E-state index is 15.2. The predicted molar refractivity (Wildman–Crippen MR) is 145 cm³/mol. The number of sulfone groups is 1. The van der Waals surface area contributed by atoms with Gasteiger partial charge < -0.3 is 4.98 Å². The van der Waals surface area contributed by atoms with Crippen molar-refractivity contribution in [1.82, 2.24) is 14.5 Å². The van der Waals surface area contributed by atoms with Gasteiger partial charge in [-0.05, 0) is 86.1 Å². The number of hydrogen-bond donors (Lipinski definition) is 1. The summed E-state index contributed by atoms with van der Waals surface area (Å²) >= 11 is 6.62. The molecule has 1 aliphatic rings. The van der Waals surface area contributed by atoms with Crippen molar-refractivity contribution < 1.29 is 12.8 Å². The van der Waals surface area contributed by atoms with Gasteiger partial charge in [0.1, 0.15) is 9.92 Å². The second kappa shape index (κ2) is 9.32. The highest BCUT2D eigenvalue weighted by Gasteiger charge is 2.43. The van der Waals surface area contributed by atoms with Crippen LogP contribution in [0.1, 0.15) is 46.2 Å². The van der Waals surface area contributed by atoms with Gasteiger partial charge in [-0.15, -0.1) is 0 Å². The molecule has 1 aliphatic carbocycles. The lowest BCUT2D eigenvalue weighted by Crippen LogP contribution is -2.23. The third-order valence-electron chi connectivity index (χ3n) is 6.98. The van der Waals surface area contributed by atoms with Gasteiger partial charge in [-0.3, -0.25) is 19.1 Å². The van der Waals surface area contributed by atoms with E-state index in [9.17, 15) is 18.0 Å². The van der Waals surface area contributed by atoms with Gasteiger partial charge in [-0.1, -0.05) is 17.7 Å². The lowest BCUT2D eigenvalue weighted by atomic mass is 10.0. The molecule has 1 saturated carbocycles. The number of rotatable bonds is 5. The zero-order chi connectivity index (χ0) is 27.5. The Labute approximate surface area is 223 Å². The average Bonchev–Trinajstić information content (AvgIpc) is 3.64. The van der Waals surface area contributed by atoms with Gasteiger partial charge in [-0.2, -0.15) is 0 Å². The molecule has 0 aliphatic heterocycles. The number of nitrogens with one attached hydrogen (secondary N) is 1.